The Labute approximate surface area is 142 Å². The van der Waals surface area contributed by atoms with Crippen molar-refractivity contribution >= 4 is 5.91 Å². The highest BCUT2D eigenvalue weighted by Crippen LogP contribution is 2.51. The molecule has 24 heavy (non-hydrogen) atoms. The van der Waals surface area contributed by atoms with E-state index < -0.39 is 0 Å². The zero-order valence-electron chi connectivity index (χ0n) is 14.0. The predicted octanol–water partition coefficient (Wildman–Crippen LogP) is 2.69. The van der Waals surface area contributed by atoms with E-state index in [0.717, 1.165) is 38.1 Å². The minimum Gasteiger partial charge on any atom is -0.496 e. The molecule has 2 fully saturated rings. The van der Waals surface area contributed by atoms with Gasteiger partial charge in [-0.15, -0.1) is 0 Å². The molecule has 2 aromatic rings. The molecule has 1 amide bonds. The second kappa shape index (κ2) is 6.30. The summed E-state index contributed by atoms with van der Waals surface area (Å²) in [6, 6.07) is 10.3. The number of aromatic nitrogens is 2. The van der Waals surface area contributed by atoms with Gasteiger partial charge in [-0.05, 0) is 42.9 Å². The number of likely N-dealkylation sites (tertiary alicyclic amines) is 1. The third-order valence-electron chi connectivity index (χ3n) is 5.26. The summed E-state index contributed by atoms with van der Waals surface area (Å²) < 4.78 is 7.39. The number of para-hydroxylation sites is 1. The maximum Gasteiger partial charge on any atom is 0.226 e. The van der Waals surface area contributed by atoms with Gasteiger partial charge < -0.3 is 9.64 Å². The summed E-state index contributed by atoms with van der Waals surface area (Å²) in [5.74, 6) is 1.62. The number of rotatable bonds is 5. The molecule has 3 atom stereocenters. The predicted molar refractivity (Wildman–Crippen MR) is 90.8 cm³/mol. The minimum atomic E-state index is 0.111. The molecule has 1 aromatic heterocycles. The summed E-state index contributed by atoms with van der Waals surface area (Å²) in [7, 11) is 1.69. The van der Waals surface area contributed by atoms with Crippen molar-refractivity contribution in [1.29, 1.82) is 0 Å². The van der Waals surface area contributed by atoms with Gasteiger partial charge in [0.25, 0.3) is 0 Å². The van der Waals surface area contributed by atoms with Crippen LogP contribution in [0.15, 0.2) is 42.7 Å². The molecule has 1 saturated carbocycles. The number of methoxy groups -OCH3 is 1. The Morgan fingerprint density at radius 3 is 3.00 bits per heavy atom. The second-order valence-corrected chi connectivity index (χ2v) is 6.75. The molecule has 1 aromatic carbocycles. The van der Waals surface area contributed by atoms with Gasteiger partial charge in [-0.25, -0.2) is 0 Å². The third-order valence-corrected chi connectivity index (χ3v) is 5.26. The average Bonchev–Trinajstić information content (AvgIpc) is 3.00. The molecule has 1 aliphatic heterocycles. The Morgan fingerprint density at radius 2 is 2.21 bits per heavy atom. The monoisotopic (exact) mass is 325 g/mol. The number of ether oxygens (including phenoxy) is 1. The van der Waals surface area contributed by atoms with Crippen LogP contribution in [0.1, 0.15) is 30.7 Å². The first-order valence-corrected chi connectivity index (χ1v) is 8.68. The molecule has 5 nitrogen and oxygen atoms in total. The van der Waals surface area contributed by atoms with Crippen molar-refractivity contribution in [2.75, 3.05) is 13.7 Å². The molecule has 0 radical (unpaired) electrons. The van der Waals surface area contributed by atoms with E-state index >= 15 is 0 Å². The maximum atomic E-state index is 13.0. The lowest BCUT2D eigenvalue weighted by Gasteiger charge is -2.25. The van der Waals surface area contributed by atoms with Gasteiger partial charge in [-0.1, -0.05) is 18.2 Å². The number of benzene rings is 1. The lowest BCUT2D eigenvalue weighted by atomic mass is 10.1. The smallest absolute Gasteiger partial charge is 0.226 e. The SMILES string of the molecule is COc1ccccc1[C@@H]1C[C@@H]1C(=O)N1CCC[C@H]1Cn1cccn1. The number of hydrogen-bond acceptors (Lipinski definition) is 3. The lowest BCUT2D eigenvalue weighted by Crippen LogP contribution is -2.39. The first-order chi connectivity index (χ1) is 11.8. The first kappa shape index (κ1) is 15.2. The third kappa shape index (κ3) is 2.79. The van der Waals surface area contributed by atoms with Gasteiger partial charge >= 0.3 is 0 Å². The molecule has 126 valence electrons. The van der Waals surface area contributed by atoms with Crippen molar-refractivity contribution in [2.24, 2.45) is 5.92 Å². The normalized spacial score (nSPS) is 25.7. The van der Waals surface area contributed by atoms with Crippen LogP contribution in [0.3, 0.4) is 0 Å². The fourth-order valence-electron chi connectivity index (χ4n) is 3.94. The molecule has 4 rings (SSSR count). The molecular weight excluding hydrogens is 302 g/mol. The van der Waals surface area contributed by atoms with E-state index in [0.29, 0.717) is 11.8 Å². The molecule has 5 heteroatoms. The van der Waals surface area contributed by atoms with Crippen molar-refractivity contribution in [3.05, 3.63) is 48.3 Å². The summed E-state index contributed by atoms with van der Waals surface area (Å²) >= 11 is 0. The van der Waals surface area contributed by atoms with Crippen LogP contribution < -0.4 is 4.74 Å². The molecular formula is C19H23N3O2. The van der Waals surface area contributed by atoms with Gasteiger partial charge in [-0.2, -0.15) is 5.10 Å². The highest BCUT2D eigenvalue weighted by atomic mass is 16.5. The molecule has 1 saturated heterocycles. The van der Waals surface area contributed by atoms with Crippen molar-refractivity contribution in [2.45, 2.75) is 37.8 Å². The minimum absolute atomic E-state index is 0.111. The van der Waals surface area contributed by atoms with Crippen LogP contribution in [0.2, 0.25) is 0 Å². The van der Waals surface area contributed by atoms with Crippen molar-refractivity contribution in [3.63, 3.8) is 0 Å². The van der Waals surface area contributed by atoms with Crippen molar-refractivity contribution in [1.82, 2.24) is 14.7 Å². The molecule has 0 bridgehead atoms. The van der Waals surface area contributed by atoms with Gasteiger partial charge in [-0.3, -0.25) is 9.48 Å². The van der Waals surface area contributed by atoms with Crippen LogP contribution in [0.25, 0.3) is 0 Å². The van der Waals surface area contributed by atoms with E-state index in [-0.39, 0.29) is 12.0 Å². The Balaban J connectivity index is 1.44. The molecule has 2 aliphatic rings. The van der Waals surface area contributed by atoms with Gasteiger partial charge in [0.15, 0.2) is 0 Å². The summed E-state index contributed by atoms with van der Waals surface area (Å²) in [4.78, 5) is 15.1. The van der Waals surface area contributed by atoms with E-state index in [2.05, 4.69) is 16.1 Å². The average molecular weight is 325 g/mol. The Kier molecular flexibility index (Phi) is 4.00. The van der Waals surface area contributed by atoms with Crippen molar-refractivity contribution in [3.8, 4) is 5.75 Å². The van der Waals surface area contributed by atoms with Crippen LogP contribution in [-0.2, 0) is 11.3 Å². The largest absolute Gasteiger partial charge is 0.496 e. The van der Waals surface area contributed by atoms with E-state index in [4.69, 9.17) is 4.74 Å². The maximum absolute atomic E-state index is 13.0. The molecule has 0 unspecified atom stereocenters. The van der Waals surface area contributed by atoms with Gasteiger partial charge in [0.1, 0.15) is 5.75 Å². The van der Waals surface area contributed by atoms with E-state index in [9.17, 15) is 4.79 Å². The zero-order chi connectivity index (χ0) is 16.5. The fourth-order valence-corrected chi connectivity index (χ4v) is 3.94. The summed E-state index contributed by atoms with van der Waals surface area (Å²) in [5, 5.41) is 4.28. The number of carbonyl (C=O) groups excluding carboxylic acids is 1. The van der Waals surface area contributed by atoms with Crippen LogP contribution in [0, 0.1) is 5.92 Å². The quantitative estimate of drug-likeness (QED) is 0.849. The topological polar surface area (TPSA) is 47.4 Å². The second-order valence-electron chi connectivity index (χ2n) is 6.75. The molecule has 2 heterocycles. The summed E-state index contributed by atoms with van der Waals surface area (Å²) in [5.41, 5.74) is 1.17. The molecule has 0 spiro atoms. The lowest BCUT2D eigenvalue weighted by molar-refractivity contribution is -0.133. The standard InChI is InChI=1S/C19H23N3O2/c1-24-18-8-3-2-7-15(18)16-12-17(16)19(23)22-11-4-6-14(22)13-21-10-5-9-20-21/h2-3,5,7-10,14,16-17H,4,6,11-13H2,1H3/t14-,16-,17-/m0/s1. The Hall–Kier alpha value is -2.30. The molecule has 0 N–H and O–H groups in total. The molecule has 1 aliphatic carbocycles. The summed E-state index contributed by atoms with van der Waals surface area (Å²) in [6.07, 6.45) is 6.85. The van der Waals surface area contributed by atoms with E-state index in [1.54, 1.807) is 13.3 Å². The van der Waals surface area contributed by atoms with Crippen LogP contribution in [0.4, 0.5) is 0 Å². The Morgan fingerprint density at radius 1 is 1.33 bits per heavy atom. The van der Waals surface area contributed by atoms with Crippen LogP contribution >= 0.6 is 0 Å². The number of amides is 1. The van der Waals surface area contributed by atoms with Gasteiger partial charge in [0.05, 0.1) is 19.7 Å². The highest BCUT2D eigenvalue weighted by molar-refractivity contribution is 5.83. The van der Waals surface area contributed by atoms with Crippen LogP contribution in [0.5, 0.6) is 5.75 Å². The van der Waals surface area contributed by atoms with Crippen LogP contribution in [-0.4, -0.2) is 40.3 Å². The fraction of sp³-hybridized carbons (Fsp3) is 0.474. The van der Waals surface area contributed by atoms with E-state index in [1.165, 1.54) is 5.56 Å². The number of hydrogen-bond donors (Lipinski definition) is 0. The van der Waals surface area contributed by atoms with Gasteiger partial charge in [0.2, 0.25) is 5.91 Å². The number of nitrogens with zero attached hydrogens (tertiary/aromatic N) is 3. The zero-order valence-corrected chi connectivity index (χ0v) is 14.0. The van der Waals surface area contributed by atoms with E-state index in [1.807, 2.05) is 35.1 Å². The van der Waals surface area contributed by atoms with Crippen molar-refractivity contribution < 1.29 is 9.53 Å². The van der Waals surface area contributed by atoms with Gasteiger partial charge in [0, 0.05) is 24.9 Å². The number of carbonyl (C=O) groups is 1. The highest BCUT2D eigenvalue weighted by Gasteiger charge is 2.48. The first-order valence-electron chi connectivity index (χ1n) is 8.68. The Bertz CT molecular complexity index is 713. The summed E-state index contributed by atoms with van der Waals surface area (Å²) in [6.45, 7) is 1.67.